The van der Waals surface area contributed by atoms with E-state index in [1.165, 1.54) is 4.90 Å². The van der Waals surface area contributed by atoms with Crippen molar-refractivity contribution in [1.29, 1.82) is 0 Å². The van der Waals surface area contributed by atoms with E-state index in [0.717, 1.165) is 11.1 Å². The number of hydrogen-bond acceptors (Lipinski definition) is 6. The van der Waals surface area contributed by atoms with Crippen molar-refractivity contribution in [3.05, 3.63) is 34.9 Å². The molecule has 1 aromatic carbocycles. The zero-order chi connectivity index (χ0) is 28.3. The Morgan fingerprint density at radius 2 is 1.68 bits per heavy atom. The summed E-state index contributed by atoms with van der Waals surface area (Å²) in [4.78, 5) is 53.2. The van der Waals surface area contributed by atoms with E-state index in [2.05, 4.69) is 10.6 Å². The number of carbonyl (C=O) groups excluding carboxylic acids is 4. The van der Waals surface area contributed by atoms with Gasteiger partial charge < -0.3 is 25.0 Å². The number of benzene rings is 1. The van der Waals surface area contributed by atoms with Crippen molar-refractivity contribution in [2.24, 2.45) is 5.92 Å². The van der Waals surface area contributed by atoms with Crippen LogP contribution in [0.5, 0.6) is 0 Å². The Balaban J connectivity index is 3.35. The largest absolute Gasteiger partial charge is 0.466 e. The number of nitrogens with zero attached hydrogens (tertiary/aromatic N) is 1. The number of carbonyl (C=O) groups is 4. The maximum absolute atomic E-state index is 13.9. The molecule has 1 aromatic rings. The molecule has 0 aliphatic rings. The molecule has 208 valence electrons. The van der Waals surface area contributed by atoms with Crippen molar-refractivity contribution in [1.82, 2.24) is 15.5 Å². The minimum Gasteiger partial charge on any atom is -0.466 e. The first-order valence-corrected chi connectivity index (χ1v) is 13.1. The van der Waals surface area contributed by atoms with Gasteiger partial charge in [0.1, 0.15) is 17.7 Å². The molecule has 0 saturated heterocycles. The third kappa shape index (κ3) is 10.1. The van der Waals surface area contributed by atoms with E-state index < -0.39 is 35.7 Å². The second-order valence-corrected chi connectivity index (χ2v) is 10.2. The van der Waals surface area contributed by atoms with Gasteiger partial charge in [-0.2, -0.15) is 0 Å². The number of alkyl carbamates (subject to hydrolysis) is 1. The molecule has 37 heavy (non-hydrogen) atoms. The summed E-state index contributed by atoms with van der Waals surface area (Å²) in [6, 6.07) is 3.79. The van der Waals surface area contributed by atoms with Crippen LogP contribution in [0.4, 0.5) is 4.79 Å². The molecule has 3 unspecified atom stereocenters. The number of rotatable bonds is 12. The highest BCUT2D eigenvalue weighted by Gasteiger charge is 2.37. The predicted octanol–water partition coefficient (Wildman–Crippen LogP) is 4.20. The van der Waals surface area contributed by atoms with Gasteiger partial charge >= 0.3 is 12.1 Å². The van der Waals surface area contributed by atoms with Gasteiger partial charge in [0.25, 0.3) is 0 Å². The zero-order valence-electron chi connectivity index (χ0n) is 23.9. The van der Waals surface area contributed by atoms with Crippen molar-refractivity contribution >= 4 is 23.9 Å². The van der Waals surface area contributed by atoms with Crippen molar-refractivity contribution in [3.63, 3.8) is 0 Å². The Kier molecular flexibility index (Phi) is 12.6. The summed E-state index contributed by atoms with van der Waals surface area (Å²) in [5, 5.41) is 5.51. The number of esters is 1. The second kappa shape index (κ2) is 14.6. The molecule has 3 amide bonds. The van der Waals surface area contributed by atoms with Gasteiger partial charge in [0, 0.05) is 13.1 Å². The predicted molar refractivity (Wildman–Crippen MR) is 143 cm³/mol. The lowest BCUT2D eigenvalue weighted by molar-refractivity contribution is -0.144. The number of ether oxygens (including phenoxy) is 2. The number of aryl methyl sites for hydroxylation is 2. The standard InChI is InChI=1S/C28H45N3O6/c1-10-18(4)23(30-27(35)37-28(7,8)9)26(34)31(11-2)24(21-14-13-19(5)20(6)17-21)25(33)29-16-15-22(32)36-12-3/h13-14,17-18,23-24H,10-12,15-16H2,1-9H3,(H,29,33)(H,30,35). The molecule has 0 radical (unpaired) electrons. The van der Waals surface area contributed by atoms with Crippen LogP contribution in [0.25, 0.3) is 0 Å². The molecule has 9 nitrogen and oxygen atoms in total. The molecule has 0 bridgehead atoms. The van der Waals surface area contributed by atoms with Gasteiger partial charge in [0.15, 0.2) is 0 Å². The number of hydrogen-bond donors (Lipinski definition) is 2. The van der Waals surface area contributed by atoms with Crippen molar-refractivity contribution in [2.45, 2.75) is 92.8 Å². The maximum Gasteiger partial charge on any atom is 0.408 e. The molecular weight excluding hydrogens is 474 g/mol. The normalized spacial score (nSPS) is 13.6. The van der Waals surface area contributed by atoms with E-state index in [1.54, 1.807) is 34.6 Å². The average molecular weight is 520 g/mol. The number of nitrogens with one attached hydrogen (secondary N) is 2. The third-order valence-electron chi connectivity index (χ3n) is 6.12. The van der Waals surface area contributed by atoms with Crippen molar-refractivity contribution < 1.29 is 28.7 Å². The Hall–Kier alpha value is -3.10. The van der Waals surface area contributed by atoms with Crippen molar-refractivity contribution in [2.75, 3.05) is 19.7 Å². The van der Waals surface area contributed by atoms with Crippen LogP contribution in [0.15, 0.2) is 18.2 Å². The summed E-state index contributed by atoms with van der Waals surface area (Å²) in [6.07, 6.45) is -0.0393. The Labute approximate surface area is 221 Å². The Bertz CT molecular complexity index is 940. The molecule has 0 fully saturated rings. The quantitative estimate of drug-likeness (QED) is 0.400. The van der Waals surface area contributed by atoms with E-state index in [4.69, 9.17) is 9.47 Å². The van der Waals surface area contributed by atoms with Crippen LogP contribution >= 0.6 is 0 Å². The second-order valence-electron chi connectivity index (χ2n) is 10.2. The lowest BCUT2D eigenvalue weighted by Crippen LogP contribution is -2.55. The highest BCUT2D eigenvalue weighted by atomic mass is 16.6. The van der Waals surface area contributed by atoms with Crippen LogP contribution in [-0.4, -0.2) is 60.1 Å². The zero-order valence-corrected chi connectivity index (χ0v) is 23.9. The smallest absolute Gasteiger partial charge is 0.408 e. The van der Waals surface area contributed by atoms with Gasteiger partial charge in [0.05, 0.1) is 13.0 Å². The molecule has 0 spiro atoms. The number of likely N-dealkylation sites (N-methyl/N-ethyl adjacent to an activating group) is 1. The molecule has 1 rings (SSSR count). The first kappa shape index (κ1) is 31.9. The van der Waals surface area contributed by atoms with E-state index in [-0.39, 0.29) is 37.9 Å². The van der Waals surface area contributed by atoms with Gasteiger partial charge in [-0.15, -0.1) is 0 Å². The van der Waals surface area contributed by atoms with Crippen LogP contribution in [0.3, 0.4) is 0 Å². The van der Waals surface area contributed by atoms with Gasteiger partial charge in [-0.25, -0.2) is 4.79 Å². The number of amides is 3. The molecule has 3 atom stereocenters. The summed E-state index contributed by atoms with van der Waals surface area (Å²) in [7, 11) is 0. The van der Waals surface area contributed by atoms with Crippen LogP contribution in [0.2, 0.25) is 0 Å². The highest BCUT2D eigenvalue weighted by Crippen LogP contribution is 2.26. The topological polar surface area (TPSA) is 114 Å². The van der Waals surface area contributed by atoms with E-state index in [0.29, 0.717) is 12.0 Å². The summed E-state index contributed by atoms with van der Waals surface area (Å²) < 4.78 is 10.3. The summed E-state index contributed by atoms with van der Waals surface area (Å²) in [5.74, 6) is -1.41. The SMILES string of the molecule is CCOC(=O)CCNC(=O)C(c1ccc(C)c(C)c1)N(CC)C(=O)C(NC(=O)OC(C)(C)C)C(C)CC. The maximum atomic E-state index is 13.9. The van der Waals surface area contributed by atoms with Crippen LogP contribution in [-0.2, 0) is 23.9 Å². The average Bonchev–Trinajstić information content (AvgIpc) is 2.80. The molecule has 2 N–H and O–H groups in total. The minimum atomic E-state index is -0.953. The van der Waals surface area contributed by atoms with Crippen LogP contribution in [0, 0.1) is 19.8 Å². The first-order chi connectivity index (χ1) is 17.2. The van der Waals surface area contributed by atoms with E-state index in [1.807, 2.05) is 45.9 Å². The fraction of sp³-hybridized carbons (Fsp3) is 0.643. The van der Waals surface area contributed by atoms with Gasteiger partial charge in [-0.1, -0.05) is 38.5 Å². The van der Waals surface area contributed by atoms with E-state index >= 15 is 0 Å². The Morgan fingerprint density at radius 1 is 1.03 bits per heavy atom. The first-order valence-electron chi connectivity index (χ1n) is 13.1. The molecular formula is C28H45N3O6. The molecule has 0 saturated carbocycles. The fourth-order valence-corrected chi connectivity index (χ4v) is 3.79. The van der Waals surface area contributed by atoms with Crippen LogP contribution < -0.4 is 10.6 Å². The van der Waals surface area contributed by atoms with Gasteiger partial charge in [-0.05, 0) is 71.1 Å². The Morgan fingerprint density at radius 3 is 2.19 bits per heavy atom. The summed E-state index contributed by atoms with van der Waals surface area (Å²) >= 11 is 0. The van der Waals surface area contributed by atoms with Gasteiger partial charge in [0.2, 0.25) is 11.8 Å². The molecule has 0 aliphatic carbocycles. The fourth-order valence-electron chi connectivity index (χ4n) is 3.79. The lowest BCUT2D eigenvalue weighted by atomic mass is 9.95. The van der Waals surface area contributed by atoms with Crippen molar-refractivity contribution in [3.8, 4) is 0 Å². The summed E-state index contributed by atoms with van der Waals surface area (Å²) in [5.41, 5.74) is 1.96. The van der Waals surface area contributed by atoms with Gasteiger partial charge in [-0.3, -0.25) is 14.4 Å². The summed E-state index contributed by atoms with van der Waals surface area (Å²) in [6.45, 7) is 17.1. The minimum absolute atomic E-state index is 0.0228. The monoisotopic (exact) mass is 519 g/mol. The lowest BCUT2D eigenvalue weighted by Gasteiger charge is -2.35. The molecule has 9 heteroatoms. The van der Waals surface area contributed by atoms with E-state index in [9.17, 15) is 19.2 Å². The van der Waals surface area contributed by atoms with Crippen LogP contribution in [0.1, 0.15) is 84.0 Å². The molecule has 0 aromatic heterocycles. The molecule has 0 heterocycles. The third-order valence-corrected chi connectivity index (χ3v) is 6.12. The highest BCUT2D eigenvalue weighted by molar-refractivity contribution is 5.92. The molecule has 0 aliphatic heterocycles.